The van der Waals surface area contributed by atoms with Crippen LogP contribution in [-0.2, 0) is 33.1 Å². The first-order chi connectivity index (χ1) is 19.1. The van der Waals surface area contributed by atoms with Gasteiger partial charge in [-0.2, -0.15) is 0 Å². The highest BCUT2D eigenvalue weighted by molar-refractivity contribution is 8.08. The predicted octanol–water partition coefficient (Wildman–Crippen LogP) is 3.27. The zero-order chi connectivity index (χ0) is 28.1. The van der Waals surface area contributed by atoms with Crippen LogP contribution >= 0.6 is 0 Å². The van der Waals surface area contributed by atoms with Crippen molar-refractivity contribution in [3.05, 3.63) is 136 Å². The number of hydrogen-bond acceptors (Lipinski definition) is 6. The van der Waals surface area contributed by atoms with Crippen molar-refractivity contribution < 1.29 is 16.8 Å². The molecule has 1 aliphatic carbocycles. The number of fused-ring (bicyclic) bond motifs is 2. The lowest BCUT2D eigenvalue weighted by atomic mass is 9.89. The third-order valence-corrected chi connectivity index (χ3v) is 12.1. The van der Waals surface area contributed by atoms with Gasteiger partial charge in [0.25, 0.3) is 0 Å². The van der Waals surface area contributed by atoms with E-state index in [2.05, 4.69) is 22.8 Å². The fraction of sp³-hybridized carbons (Fsp3) is 0.200. The molecular weight excluding hydrogens is 544 g/mol. The van der Waals surface area contributed by atoms with Crippen molar-refractivity contribution in [3.63, 3.8) is 0 Å². The van der Waals surface area contributed by atoms with Crippen LogP contribution in [0.25, 0.3) is 6.08 Å². The quantitative estimate of drug-likeness (QED) is 0.356. The summed E-state index contributed by atoms with van der Waals surface area (Å²) in [5.41, 5.74) is 7.01. The van der Waals surface area contributed by atoms with Crippen LogP contribution in [0.1, 0.15) is 51.9 Å². The smallest absolute Gasteiger partial charge is 0.235 e. The summed E-state index contributed by atoms with van der Waals surface area (Å²) in [7, 11) is -9.39. The Hall–Kier alpha value is -3.38. The second kappa shape index (κ2) is 9.91. The number of rotatable bonds is 6. The Bertz CT molecular complexity index is 1760. The Labute approximate surface area is 234 Å². The molecule has 206 valence electrons. The van der Waals surface area contributed by atoms with Gasteiger partial charge < -0.3 is 10.6 Å². The second-order valence-electron chi connectivity index (χ2n) is 10.4. The number of benzene rings is 3. The minimum absolute atomic E-state index is 0.00277. The van der Waals surface area contributed by atoms with Crippen LogP contribution in [0.15, 0.2) is 102 Å². The molecule has 2 aliphatic heterocycles. The van der Waals surface area contributed by atoms with Crippen LogP contribution in [0.3, 0.4) is 0 Å². The Morgan fingerprint density at radius 3 is 1.85 bits per heavy atom. The summed E-state index contributed by atoms with van der Waals surface area (Å²) in [6.07, 6.45) is 6.05. The summed E-state index contributed by atoms with van der Waals surface area (Å²) in [6.45, 7) is 1.39. The largest absolute Gasteiger partial charge is 0.302 e. The van der Waals surface area contributed by atoms with E-state index in [0.717, 1.165) is 28.8 Å². The van der Waals surface area contributed by atoms with E-state index < -0.39 is 24.1 Å². The first-order valence-corrected chi connectivity index (χ1v) is 16.0. The number of nitrogens with two attached hydrogens (primary N) is 2. The SMILES string of the molecule is NS(=O)(=O)C1(S(N)(=O)=O)CC(C2NCc3ccccc32)=CC=C1C=Cc1ccc(C2NCc3ccccc32)cc1. The van der Waals surface area contributed by atoms with Gasteiger partial charge in [-0.3, -0.25) is 0 Å². The maximum Gasteiger partial charge on any atom is 0.235 e. The molecule has 0 fully saturated rings. The average molecular weight is 575 g/mol. The summed E-state index contributed by atoms with van der Waals surface area (Å²) < 4.78 is 49.7. The van der Waals surface area contributed by atoms with E-state index in [9.17, 15) is 16.8 Å². The minimum Gasteiger partial charge on any atom is -0.302 e. The molecule has 6 N–H and O–H groups in total. The van der Waals surface area contributed by atoms with Crippen LogP contribution in [0, 0.1) is 0 Å². The van der Waals surface area contributed by atoms with Gasteiger partial charge in [0, 0.05) is 19.5 Å². The predicted molar refractivity (Wildman–Crippen MR) is 156 cm³/mol. The average Bonchev–Trinajstić information content (AvgIpc) is 3.56. The van der Waals surface area contributed by atoms with Crippen LogP contribution in [0.2, 0.25) is 0 Å². The number of hydrogen-bond donors (Lipinski definition) is 4. The molecular formula is C30H30N4O4S2. The number of sulfonamides is 2. The van der Waals surface area contributed by atoms with Crippen LogP contribution in [-0.4, -0.2) is 20.9 Å². The van der Waals surface area contributed by atoms with Crippen molar-refractivity contribution in [3.8, 4) is 0 Å². The molecule has 0 saturated carbocycles. The van der Waals surface area contributed by atoms with E-state index in [1.54, 1.807) is 12.2 Å². The van der Waals surface area contributed by atoms with Crippen LogP contribution in [0.5, 0.6) is 0 Å². The van der Waals surface area contributed by atoms with Crippen molar-refractivity contribution >= 4 is 26.1 Å². The monoisotopic (exact) mass is 574 g/mol. The zero-order valence-electron chi connectivity index (χ0n) is 21.6. The molecule has 2 atom stereocenters. The van der Waals surface area contributed by atoms with Gasteiger partial charge in [0.05, 0.1) is 12.1 Å². The van der Waals surface area contributed by atoms with Crippen molar-refractivity contribution in [1.29, 1.82) is 0 Å². The first kappa shape index (κ1) is 26.8. The Kier molecular flexibility index (Phi) is 6.65. The van der Waals surface area contributed by atoms with Gasteiger partial charge in [-0.1, -0.05) is 97.1 Å². The molecule has 0 radical (unpaired) electrons. The van der Waals surface area contributed by atoms with Crippen molar-refractivity contribution in [1.82, 2.24) is 10.6 Å². The van der Waals surface area contributed by atoms with Crippen molar-refractivity contribution in [2.45, 2.75) is 35.7 Å². The van der Waals surface area contributed by atoms with E-state index in [1.165, 1.54) is 23.3 Å². The van der Waals surface area contributed by atoms with Gasteiger partial charge in [-0.05, 0) is 44.5 Å². The summed E-state index contributed by atoms with van der Waals surface area (Å²) in [5.74, 6) is 0. The van der Waals surface area contributed by atoms with Crippen molar-refractivity contribution in [2.75, 3.05) is 0 Å². The maximum absolute atomic E-state index is 13.1. The summed E-state index contributed by atoms with van der Waals surface area (Å²) in [5, 5.41) is 18.2. The normalized spacial score (nSPS) is 22.1. The molecule has 0 spiro atoms. The lowest BCUT2D eigenvalue weighted by Gasteiger charge is -2.35. The number of nitrogens with one attached hydrogen (secondary N) is 2. The third-order valence-electron chi connectivity index (χ3n) is 8.09. The topological polar surface area (TPSA) is 144 Å². The van der Waals surface area contributed by atoms with Gasteiger partial charge in [-0.15, -0.1) is 0 Å². The van der Waals surface area contributed by atoms with Gasteiger partial charge in [0.15, 0.2) is 0 Å². The Balaban J connectivity index is 1.35. The number of primary sulfonamides is 2. The lowest BCUT2D eigenvalue weighted by Crippen LogP contribution is -2.55. The van der Waals surface area contributed by atoms with Crippen molar-refractivity contribution in [2.24, 2.45) is 10.3 Å². The molecule has 0 saturated heterocycles. The molecule has 2 unspecified atom stereocenters. The van der Waals surface area contributed by atoms with E-state index in [-0.39, 0.29) is 24.1 Å². The van der Waals surface area contributed by atoms with E-state index in [1.807, 2.05) is 60.7 Å². The van der Waals surface area contributed by atoms with Gasteiger partial charge in [0.2, 0.25) is 24.1 Å². The molecule has 40 heavy (non-hydrogen) atoms. The second-order valence-corrected chi connectivity index (χ2v) is 14.2. The van der Waals surface area contributed by atoms with Crippen LogP contribution in [0.4, 0.5) is 0 Å². The molecule has 3 aromatic carbocycles. The van der Waals surface area contributed by atoms with Gasteiger partial charge in [0.1, 0.15) is 0 Å². The highest BCUT2D eigenvalue weighted by atomic mass is 32.3. The molecule has 10 heteroatoms. The molecule has 6 rings (SSSR count). The molecule has 0 aromatic heterocycles. The summed E-state index contributed by atoms with van der Waals surface area (Å²) >= 11 is 0. The van der Waals surface area contributed by atoms with Gasteiger partial charge in [-0.25, -0.2) is 27.1 Å². The summed E-state index contributed by atoms with van der Waals surface area (Å²) in [6, 6.07) is 23.6. The standard InChI is InChI=1S/C30H30N4O4S2/c31-39(35,36)30(40(32,37)38)17-22(29-27-8-4-2-6-24(27)19-34-29)14-16-25(30)15-11-20-9-12-21(13-10-20)28-26-7-3-1-5-23(26)18-33-28/h1-16,28-29,33-34H,17-19H2,(H2,31,35,36)(H2,32,37,38). The third kappa shape index (κ3) is 4.46. The molecule has 2 heterocycles. The molecule has 3 aromatic rings. The highest BCUT2D eigenvalue weighted by Gasteiger charge is 2.56. The van der Waals surface area contributed by atoms with Gasteiger partial charge >= 0.3 is 0 Å². The highest BCUT2D eigenvalue weighted by Crippen LogP contribution is 2.45. The van der Waals surface area contributed by atoms with Crippen LogP contribution < -0.4 is 20.9 Å². The number of allylic oxidation sites excluding steroid dienone is 3. The van der Waals surface area contributed by atoms with E-state index in [0.29, 0.717) is 12.1 Å². The minimum atomic E-state index is -4.69. The fourth-order valence-corrected chi connectivity index (χ4v) is 9.00. The fourth-order valence-electron chi connectivity index (χ4n) is 6.04. The maximum atomic E-state index is 13.1. The molecule has 3 aliphatic rings. The Morgan fingerprint density at radius 1 is 0.700 bits per heavy atom. The zero-order valence-corrected chi connectivity index (χ0v) is 23.3. The van der Waals surface area contributed by atoms with E-state index >= 15 is 0 Å². The molecule has 0 bridgehead atoms. The molecule has 8 nitrogen and oxygen atoms in total. The first-order valence-electron chi connectivity index (χ1n) is 12.9. The summed E-state index contributed by atoms with van der Waals surface area (Å²) in [4.78, 5) is 0. The van der Waals surface area contributed by atoms with E-state index in [4.69, 9.17) is 10.3 Å². The molecule has 0 amide bonds. The lowest BCUT2D eigenvalue weighted by molar-refractivity contribution is 0.542. The Morgan fingerprint density at radius 2 is 1.25 bits per heavy atom.